The van der Waals surface area contributed by atoms with E-state index in [9.17, 15) is 0 Å². The van der Waals surface area contributed by atoms with Gasteiger partial charge in [0.05, 0.1) is 5.69 Å². The van der Waals surface area contributed by atoms with Gasteiger partial charge in [0, 0.05) is 17.6 Å². The highest BCUT2D eigenvalue weighted by Gasteiger charge is 2.16. The minimum Gasteiger partial charge on any atom is -0.383 e. The molecule has 96 valence electrons. The van der Waals surface area contributed by atoms with Crippen LogP contribution in [0.5, 0.6) is 0 Å². The minimum atomic E-state index is 0.539. The van der Waals surface area contributed by atoms with Crippen molar-refractivity contribution in [1.82, 2.24) is 9.78 Å². The molecule has 2 N–H and O–H groups in total. The summed E-state index contributed by atoms with van der Waals surface area (Å²) in [5.74, 6) is 1.23. The molecule has 0 aliphatic carbocycles. The number of nitrogen functional groups attached to an aromatic ring is 1. The summed E-state index contributed by atoms with van der Waals surface area (Å²) >= 11 is 6.04. The van der Waals surface area contributed by atoms with E-state index in [0.717, 1.165) is 23.2 Å². The maximum atomic E-state index is 6.12. The van der Waals surface area contributed by atoms with Gasteiger partial charge in [-0.15, -0.1) is 0 Å². The van der Waals surface area contributed by atoms with Gasteiger partial charge in [0.15, 0.2) is 0 Å². The molecule has 1 aromatic carbocycles. The lowest BCUT2D eigenvalue weighted by Crippen LogP contribution is -1.98. The van der Waals surface area contributed by atoms with Gasteiger partial charge in [0.25, 0.3) is 0 Å². The number of nitrogens with two attached hydrogens (primary N) is 1. The van der Waals surface area contributed by atoms with E-state index in [1.807, 2.05) is 31.3 Å². The lowest BCUT2D eigenvalue weighted by molar-refractivity contribution is 0.622. The van der Waals surface area contributed by atoms with Crippen LogP contribution in [0.15, 0.2) is 24.3 Å². The Hall–Kier alpha value is -1.48. The van der Waals surface area contributed by atoms with Crippen LogP contribution in [0, 0.1) is 5.92 Å². The second kappa shape index (κ2) is 5.02. The monoisotopic (exact) mass is 263 g/mol. The number of aryl methyl sites for hydroxylation is 1. The zero-order chi connectivity index (χ0) is 13.3. The summed E-state index contributed by atoms with van der Waals surface area (Å²) < 4.78 is 1.73. The zero-order valence-corrected chi connectivity index (χ0v) is 11.7. The standard InChI is InChI=1S/C14H18ClN3/c1-9(2)7-12-13(14(16)18(3)17-12)10-5-4-6-11(15)8-10/h4-6,8-9H,7,16H2,1-3H3. The fraction of sp³-hybridized carbons (Fsp3) is 0.357. The number of halogens is 1. The van der Waals surface area contributed by atoms with E-state index in [0.29, 0.717) is 16.8 Å². The molecule has 0 saturated carbocycles. The molecule has 0 spiro atoms. The molecule has 2 rings (SSSR count). The maximum absolute atomic E-state index is 6.12. The molecule has 0 radical (unpaired) electrons. The number of hydrogen-bond donors (Lipinski definition) is 1. The van der Waals surface area contributed by atoms with Crippen LogP contribution in [0.25, 0.3) is 11.1 Å². The van der Waals surface area contributed by atoms with Crippen LogP contribution in [0.4, 0.5) is 5.82 Å². The van der Waals surface area contributed by atoms with Crippen molar-refractivity contribution in [2.24, 2.45) is 13.0 Å². The lowest BCUT2D eigenvalue weighted by atomic mass is 9.99. The third-order valence-corrected chi connectivity index (χ3v) is 3.11. The first-order chi connectivity index (χ1) is 8.49. The molecule has 0 bridgehead atoms. The number of aromatic nitrogens is 2. The summed E-state index contributed by atoms with van der Waals surface area (Å²) in [6.07, 6.45) is 0.910. The van der Waals surface area contributed by atoms with Crippen LogP contribution in [0.3, 0.4) is 0 Å². The molecule has 4 heteroatoms. The van der Waals surface area contributed by atoms with Crippen LogP contribution in [-0.4, -0.2) is 9.78 Å². The van der Waals surface area contributed by atoms with Gasteiger partial charge < -0.3 is 5.73 Å². The molecule has 0 unspecified atom stereocenters. The van der Waals surface area contributed by atoms with Gasteiger partial charge in [-0.3, -0.25) is 4.68 Å². The molecule has 1 heterocycles. The molecule has 1 aromatic heterocycles. The second-order valence-electron chi connectivity index (χ2n) is 4.94. The van der Waals surface area contributed by atoms with Crippen LogP contribution in [-0.2, 0) is 13.5 Å². The van der Waals surface area contributed by atoms with Crippen molar-refractivity contribution >= 4 is 17.4 Å². The zero-order valence-electron chi connectivity index (χ0n) is 10.9. The van der Waals surface area contributed by atoms with E-state index in [1.165, 1.54) is 0 Å². The van der Waals surface area contributed by atoms with E-state index < -0.39 is 0 Å². The van der Waals surface area contributed by atoms with Gasteiger partial charge in [-0.2, -0.15) is 5.10 Å². The quantitative estimate of drug-likeness (QED) is 0.921. The Balaban J connectivity index is 2.55. The van der Waals surface area contributed by atoms with Gasteiger partial charge in [-0.05, 0) is 30.0 Å². The summed E-state index contributed by atoms with van der Waals surface area (Å²) in [4.78, 5) is 0. The van der Waals surface area contributed by atoms with Crippen LogP contribution >= 0.6 is 11.6 Å². The molecule has 0 fully saturated rings. The first-order valence-corrected chi connectivity index (χ1v) is 6.44. The third kappa shape index (κ3) is 2.51. The first-order valence-electron chi connectivity index (χ1n) is 6.06. The first kappa shape index (κ1) is 13.0. The van der Waals surface area contributed by atoms with Crippen molar-refractivity contribution in [3.63, 3.8) is 0 Å². The normalized spacial score (nSPS) is 11.2. The number of anilines is 1. The van der Waals surface area contributed by atoms with Crippen molar-refractivity contribution < 1.29 is 0 Å². The van der Waals surface area contributed by atoms with Gasteiger partial charge in [0.2, 0.25) is 0 Å². The number of benzene rings is 1. The Kier molecular flexibility index (Phi) is 3.62. The van der Waals surface area contributed by atoms with Crippen LogP contribution in [0.2, 0.25) is 5.02 Å². The Morgan fingerprint density at radius 1 is 1.39 bits per heavy atom. The van der Waals surface area contributed by atoms with Crippen molar-refractivity contribution in [3.05, 3.63) is 35.0 Å². The van der Waals surface area contributed by atoms with E-state index in [4.69, 9.17) is 17.3 Å². The van der Waals surface area contributed by atoms with Crippen molar-refractivity contribution in [1.29, 1.82) is 0 Å². The van der Waals surface area contributed by atoms with Gasteiger partial charge in [-0.25, -0.2) is 0 Å². The summed E-state index contributed by atoms with van der Waals surface area (Å²) in [5, 5.41) is 5.22. The predicted molar refractivity (Wildman–Crippen MR) is 76.6 cm³/mol. The van der Waals surface area contributed by atoms with Crippen molar-refractivity contribution in [3.8, 4) is 11.1 Å². The average molecular weight is 264 g/mol. The van der Waals surface area contributed by atoms with Crippen molar-refractivity contribution in [2.45, 2.75) is 20.3 Å². The number of hydrogen-bond acceptors (Lipinski definition) is 2. The fourth-order valence-corrected chi connectivity index (χ4v) is 2.27. The SMILES string of the molecule is CC(C)Cc1nn(C)c(N)c1-c1cccc(Cl)c1. The molecule has 18 heavy (non-hydrogen) atoms. The lowest BCUT2D eigenvalue weighted by Gasteiger charge is -2.06. The van der Waals surface area contributed by atoms with Gasteiger partial charge in [0.1, 0.15) is 5.82 Å². The Morgan fingerprint density at radius 3 is 2.72 bits per heavy atom. The van der Waals surface area contributed by atoms with Gasteiger partial charge >= 0.3 is 0 Å². The topological polar surface area (TPSA) is 43.8 Å². The summed E-state index contributed by atoms with van der Waals surface area (Å²) in [6, 6.07) is 7.74. The maximum Gasteiger partial charge on any atom is 0.129 e. The summed E-state index contributed by atoms with van der Waals surface area (Å²) in [5.41, 5.74) is 9.19. The summed E-state index contributed by atoms with van der Waals surface area (Å²) in [7, 11) is 1.87. The fourth-order valence-electron chi connectivity index (χ4n) is 2.08. The predicted octanol–water partition coefficient (Wildman–Crippen LogP) is 3.52. The van der Waals surface area contributed by atoms with E-state index in [-0.39, 0.29) is 0 Å². The second-order valence-corrected chi connectivity index (χ2v) is 5.38. The van der Waals surface area contributed by atoms with Crippen molar-refractivity contribution in [2.75, 3.05) is 5.73 Å². The Morgan fingerprint density at radius 2 is 2.11 bits per heavy atom. The average Bonchev–Trinajstić information content (AvgIpc) is 2.53. The molecule has 0 atom stereocenters. The highest BCUT2D eigenvalue weighted by atomic mass is 35.5. The molecule has 0 aliphatic rings. The van der Waals surface area contributed by atoms with Gasteiger partial charge in [-0.1, -0.05) is 37.6 Å². The van der Waals surface area contributed by atoms with E-state index in [1.54, 1.807) is 4.68 Å². The highest BCUT2D eigenvalue weighted by molar-refractivity contribution is 6.30. The number of nitrogens with zero attached hydrogens (tertiary/aromatic N) is 2. The molecule has 0 aliphatic heterocycles. The highest BCUT2D eigenvalue weighted by Crippen LogP contribution is 2.32. The Labute approximate surface area is 113 Å². The minimum absolute atomic E-state index is 0.539. The van der Waals surface area contributed by atoms with E-state index in [2.05, 4.69) is 18.9 Å². The smallest absolute Gasteiger partial charge is 0.129 e. The summed E-state index contributed by atoms with van der Waals surface area (Å²) in [6.45, 7) is 4.35. The number of rotatable bonds is 3. The van der Waals surface area contributed by atoms with Crippen LogP contribution < -0.4 is 5.73 Å². The largest absolute Gasteiger partial charge is 0.383 e. The molecule has 0 amide bonds. The molecule has 3 nitrogen and oxygen atoms in total. The molecule has 2 aromatic rings. The Bertz CT molecular complexity index is 558. The molecule has 0 saturated heterocycles. The third-order valence-electron chi connectivity index (χ3n) is 2.88. The van der Waals surface area contributed by atoms with E-state index >= 15 is 0 Å². The molecular formula is C14H18ClN3. The van der Waals surface area contributed by atoms with Crippen LogP contribution in [0.1, 0.15) is 19.5 Å². The molecular weight excluding hydrogens is 246 g/mol.